The Morgan fingerprint density at radius 1 is 0.938 bits per heavy atom. The number of nitrogens with one attached hydrogen (secondary N) is 1. The van der Waals surface area contributed by atoms with E-state index in [1.165, 1.54) is 0 Å². The van der Waals surface area contributed by atoms with Gasteiger partial charge in [0, 0.05) is 5.69 Å². The van der Waals surface area contributed by atoms with Crippen molar-refractivity contribution in [3.63, 3.8) is 0 Å². The van der Waals surface area contributed by atoms with Crippen LogP contribution in [-0.2, 0) is 4.79 Å². The Bertz CT molecular complexity index is 1210. The first-order valence-corrected chi connectivity index (χ1v) is 10.7. The number of methoxy groups -OCH3 is 1. The zero-order valence-corrected chi connectivity index (χ0v) is 18.0. The number of rotatable bonds is 8. The lowest BCUT2D eigenvalue weighted by atomic mass is 10.2. The zero-order chi connectivity index (χ0) is 22.2. The molecule has 4 aromatic rings. The van der Waals surface area contributed by atoms with E-state index in [0.29, 0.717) is 33.8 Å². The zero-order valence-electron chi connectivity index (χ0n) is 17.1. The molecular formula is C23H19N5O3S. The first kappa shape index (κ1) is 21.3. The summed E-state index contributed by atoms with van der Waals surface area (Å²) in [6.45, 7) is 0. The maximum atomic E-state index is 12.3. The predicted molar refractivity (Wildman–Crippen MR) is 123 cm³/mol. The highest BCUT2D eigenvalue weighted by atomic mass is 32.2. The summed E-state index contributed by atoms with van der Waals surface area (Å²) in [5.41, 5.74) is 2.82. The third-order valence-corrected chi connectivity index (χ3v) is 5.08. The molecule has 1 heterocycles. The average molecular weight is 446 g/mol. The van der Waals surface area contributed by atoms with Crippen molar-refractivity contribution in [2.24, 2.45) is 10.2 Å². The minimum Gasteiger partial charge on any atom is -0.496 e. The largest absolute Gasteiger partial charge is 0.496 e. The molecule has 32 heavy (non-hydrogen) atoms. The van der Waals surface area contributed by atoms with Gasteiger partial charge in [0.2, 0.25) is 5.91 Å². The normalized spacial score (nSPS) is 10.9. The Labute approximate surface area is 188 Å². The number of carbonyl (C=O) groups excluding carboxylic acids is 1. The number of thioether (sulfide) groups is 1. The summed E-state index contributed by atoms with van der Waals surface area (Å²) in [4.78, 5) is 12.3. The summed E-state index contributed by atoms with van der Waals surface area (Å²) in [5.74, 6) is 0.914. The fourth-order valence-corrected chi connectivity index (χ4v) is 3.31. The van der Waals surface area contributed by atoms with Crippen molar-refractivity contribution < 1.29 is 13.9 Å². The predicted octanol–water partition coefficient (Wildman–Crippen LogP) is 5.89. The number of hydrogen-bond donors (Lipinski definition) is 1. The van der Waals surface area contributed by atoms with Crippen molar-refractivity contribution in [1.82, 2.24) is 10.2 Å². The Morgan fingerprint density at radius 2 is 1.62 bits per heavy atom. The second-order valence-electron chi connectivity index (χ2n) is 6.49. The topological polar surface area (TPSA) is 102 Å². The fraction of sp³-hybridized carbons (Fsp3) is 0.0870. The first-order chi connectivity index (χ1) is 15.7. The molecule has 1 aromatic heterocycles. The quantitative estimate of drug-likeness (QED) is 0.268. The molecule has 0 aliphatic rings. The molecule has 8 nitrogen and oxygen atoms in total. The lowest BCUT2D eigenvalue weighted by molar-refractivity contribution is -0.113. The molecule has 0 fully saturated rings. The van der Waals surface area contributed by atoms with Crippen LogP contribution in [0, 0.1) is 0 Å². The van der Waals surface area contributed by atoms with Crippen LogP contribution in [0.15, 0.2) is 98.7 Å². The second-order valence-corrected chi connectivity index (χ2v) is 7.42. The van der Waals surface area contributed by atoms with Crippen molar-refractivity contribution in [3.8, 4) is 17.2 Å². The molecule has 160 valence electrons. The standard InChI is InChI=1S/C23H19N5O3S/c1-30-20-10-6-5-9-19(20)22-27-28-23(31-22)32-15-21(29)24-16-11-13-18(14-12-16)26-25-17-7-3-2-4-8-17/h2-14H,15H2,1H3,(H,24,29). The monoisotopic (exact) mass is 445 g/mol. The van der Waals surface area contributed by atoms with E-state index in [9.17, 15) is 4.79 Å². The van der Waals surface area contributed by atoms with Gasteiger partial charge in [-0.25, -0.2) is 0 Å². The first-order valence-electron chi connectivity index (χ1n) is 9.67. The van der Waals surface area contributed by atoms with Crippen LogP contribution in [0.25, 0.3) is 11.5 Å². The van der Waals surface area contributed by atoms with Crippen molar-refractivity contribution in [2.45, 2.75) is 5.22 Å². The Kier molecular flexibility index (Phi) is 6.88. The Morgan fingerprint density at radius 3 is 2.38 bits per heavy atom. The molecule has 0 aliphatic heterocycles. The van der Waals surface area contributed by atoms with Crippen LogP contribution in [0.3, 0.4) is 0 Å². The average Bonchev–Trinajstić information content (AvgIpc) is 3.32. The van der Waals surface area contributed by atoms with Crippen LogP contribution in [0.1, 0.15) is 0 Å². The van der Waals surface area contributed by atoms with E-state index in [1.807, 2.05) is 54.6 Å². The Hall–Kier alpha value is -3.98. The van der Waals surface area contributed by atoms with Crippen LogP contribution in [0.4, 0.5) is 17.1 Å². The van der Waals surface area contributed by atoms with E-state index in [-0.39, 0.29) is 11.7 Å². The number of para-hydroxylation sites is 1. The molecule has 1 N–H and O–H groups in total. The molecule has 0 unspecified atom stereocenters. The summed E-state index contributed by atoms with van der Waals surface area (Å²) < 4.78 is 11.0. The maximum Gasteiger partial charge on any atom is 0.277 e. The van der Waals surface area contributed by atoms with Gasteiger partial charge in [0.25, 0.3) is 11.1 Å². The van der Waals surface area contributed by atoms with Crippen molar-refractivity contribution >= 4 is 34.7 Å². The highest BCUT2D eigenvalue weighted by Crippen LogP contribution is 2.30. The van der Waals surface area contributed by atoms with E-state index in [1.54, 1.807) is 31.4 Å². The van der Waals surface area contributed by atoms with Crippen LogP contribution in [-0.4, -0.2) is 29.0 Å². The summed E-state index contributed by atoms with van der Waals surface area (Å²) in [7, 11) is 1.58. The molecule has 0 spiro atoms. The number of benzene rings is 3. The number of ether oxygens (including phenoxy) is 1. The maximum absolute atomic E-state index is 12.3. The van der Waals surface area contributed by atoms with Crippen molar-refractivity contribution in [3.05, 3.63) is 78.9 Å². The number of hydrogen-bond acceptors (Lipinski definition) is 8. The number of amides is 1. The highest BCUT2D eigenvalue weighted by Gasteiger charge is 2.14. The summed E-state index contributed by atoms with van der Waals surface area (Å²) in [6.07, 6.45) is 0. The Balaban J connectivity index is 1.30. The minimum absolute atomic E-state index is 0.128. The molecule has 0 saturated heterocycles. The van der Waals surface area contributed by atoms with E-state index in [2.05, 4.69) is 25.7 Å². The SMILES string of the molecule is COc1ccccc1-c1nnc(SCC(=O)Nc2ccc(N=Nc3ccccc3)cc2)o1. The molecule has 0 bridgehead atoms. The van der Waals surface area contributed by atoms with E-state index in [4.69, 9.17) is 9.15 Å². The molecule has 3 aromatic carbocycles. The summed E-state index contributed by atoms with van der Waals surface area (Å²) in [6, 6.07) is 23.9. The van der Waals surface area contributed by atoms with Gasteiger partial charge in [-0.05, 0) is 48.5 Å². The van der Waals surface area contributed by atoms with Gasteiger partial charge in [-0.3, -0.25) is 4.79 Å². The molecule has 0 radical (unpaired) electrons. The lowest BCUT2D eigenvalue weighted by Gasteiger charge is -2.04. The number of aromatic nitrogens is 2. The van der Waals surface area contributed by atoms with Crippen LogP contribution in [0.2, 0.25) is 0 Å². The number of nitrogens with zero attached hydrogens (tertiary/aromatic N) is 4. The number of azo groups is 1. The second kappa shape index (κ2) is 10.4. The van der Waals surface area contributed by atoms with E-state index >= 15 is 0 Å². The molecule has 1 amide bonds. The van der Waals surface area contributed by atoms with Crippen molar-refractivity contribution in [2.75, 3.05) is 18.2 Å². The third-order valence-electron chi connectivity index (χ3n) is 4.26. The summed E-state index contributed by atoms with van der Waals surface area (Å²) >= 11 is 1.16. The molecule has 0 saturated carbocycles. The van der Waals surface area contributed by atoms with Gasteiger partial charge in [0.05, 0.1) is 29.8 Å². The number of anilines is 1. The van der Waals surface area contributed by atoms with Crippen molar-refractivity contribution in [1.29, 1.82) is 0 Å². The van der Waals surface area contributed by atoms with Gasteiger partial charge in [-0.15, -0.1) is 10.2 Å². The highest BCUT2D eigenvalue weighted by molar-refractivity contribution is 7.99. The van der Waals surface area contributed by atoms with Crippen LogP contribution >= 0.6 is 11.8 Å². The van der Waals surface area contributed by atoms with Gasteiger partial charge in [-0.2, -0.15) is 10.2 Å². The van der Waals surface area contributed by atoms with Crippen LogP contribution in [0.5, 0.6) is 5.75 Å². The van der Waals surface area contributed by atoms with Crippen LogP contribution < -0.4 is 10.1 Å². The third kappa shape index (κ3) is 5.58. The molecular weight excluding hydrogens is 426 g/mol. The van der Waals surface area contributed by atoms with Gasteiger partial charge < -0.3 is 14.5 Å². The number of carbonyl (C=O) groups is 1. The molecule has 0 aliphatic carbocycles. The van der Waals surface area contributed by atoms with E-state index in [0.717, 1.165) is 17.4 Å². The van der Waals surface area contributed by atoms with Gasteiger partial charge >= 0.3 is 0 Å². The molecule has 9 heteroatoms. The van der Waals surface area contributed by atoms with Gasteiger partial charge in [0.15, 0.2) is 0 Å². The fourth-order valence-electron chi connectivity index (χ4n) is 2.74. The lowest BCUT2D eigenvalue weighted by Crippen LogP contribution is -2.13. The van der Waals surface area contributed by atoms with Gasteiger partial charge in [0.1, 0.15) is 5.75 Å². The molecule has 4 rings (SSSR count). The molecule has 0 atom stereocenters. The smallest absolute Gasteiger partial charge is 0.277 e. The minimum atomic E-state index is -0.189. The summed E-state index contributed by atoms with van der Waals surface area (Å²) in [5, 5.41) is 19.5. The van der Waals surface area contributed by atoms with E-state index < -0.39 is 0 Å². The van der Waals surface area contributed by atoms with Gasteiger partial charge in [-0.1, -0.05) is 42.1 Å².